The quantitative estimate of drug-likeness (QED) is 0.459. The lowest BCUT2D eigenvalue weighted by atomic mass is 10.0. The Bertz CT molecular complexity index is 943. The van der Waals surface area contributed by atoms with Gasteiger partial charge in [-0.15, -0.1) is 0 Å². The Balaban J connectivity index is 1.22. The van der Waals surface area contributed by atoms with E-state index in [2.05, 4.69) is 84.7 Å². The molecule has 0 unspecified atom stereocenters. The van der Waals surface area contributed by atoms with Gasteiger partial charge in [0.05, 0.1) is 6.33 Å². The minimum absolute atomic E-state index is 0.464. The number of likely N-dealkylation sites (tertiary alicyclic amines) is 1. The average molecular weight is 417 g/mol. The molecule has 1 saturated heterocycles. The van der Waals surface area contributed by atoms with Gasteiger partial charge >= 0.3 is 0 Å². The molecule has 0 bridgehead atoms. The molecule has 0 atom stereocenters. The molecule has 1 fully saturated rings. The molecular weight excluding hydrogens is 384 g/mol. The Morgan fingerprint density at radius 3 is 2.52 bits per heavy atom. The highest BCUT2D eigenvalue weighted by Gasteiger charge is 2.20. The van der Waals surface area contributed by atoms with Crippen molar-refractivity contribution in [1.29, 1.82) is 0 Å². The van der Waals surface area contributed by atoms with Crippen molar-refractivity contribution in [3.05, 3.63) is 90.0 Å². The molecule has 6 nitrogen and oxygen atoms in total. The number of guanidine groups is 1. The zero-order valence-electron chi connectivity index (χ0n) is 18.2. The fourth-order valence-electron chi connectivity index (χ4n) is 4.08. The van der Waals surface area contributed by atoms with Gasteiger partial charge in [0, 0.05) is 58.2 Å². The number of nitrogens with zero attached hydrogens (tertiary/aromatic N) is 4. The van der Waals surface area contributed by atoms with Gasteiger partial charge in [-0.25, -0.2) is 4.98 Å². The highest BCUT2D eigenvalue weighted by Crippen LogP contribution is 2.14. The molecule has 2 heterocycles. The fraction of sp³-hybridized carbons (Fsp3) is 0.360. The fourth-order valence-corrected chi connectivity index (χ4v) is 4.08. The predicted molar refractivity (Wildman–Crippen MR) is 126 cm³/mol. The number of aliphatic imine (C=N–C) groups is 1. The average Bonchev–Trinajstić information content (AvgIpc) is 3.32. The van der Waals surface area contributed by atoms with Crippen molar-refractivity contribution in [3.8, 4) is 0 Å². The van der Waals surface area contributed by atoms with E-state index in [0.717, 1.165) is 51.5 Å². The van der Waals surface area contributed by atoms with Crippen molar-refractivity contribution in [1.82, 2.24) is 25.1 Å². The summed E-state index contributed by atoms with van der Waals surface area (Å²) in [7, 11) is 1.84. The third-order valence-electron chi connectivity index (χ3n) is 5.78. The van der Waals surface area contributed by atoms with E-state index in [1.54, 1.807) is 0 Å². The van der Waals surface area contributed by atoms with Crippen LogP contribution in [0.15, 0.2) is 78.3 Å². The Kier molecular flexibility index (Phi) is 7.34. The first-order valence-corrected chi connectivity index (χ1v) is 11.1. The lowest BCUT2D eigenvalue weighted by Crippen LogP contribution is -2.48. The van der Waals surface area contributed by atoms with Crippen LogP contribution in [0.4, 0.5) is 0 Å². The van der Waals surface area contributed by atoms with Crippen molar-refractivity contribution >= 4 is 5.96 Å². The van der Waals surface area contributed by atoms with Crippen LogP contribution in [0.1, 0.15) is 29.5 Å². The summed E-state index contributed by atoms with van der Waals surface area (Å²) in [5.41, 5.74) is 3.91. The van der Waals surface area contributed by atoms with Crippen LogP contribution in [0.2, 0.25) is 0 Å². The lowest BCUT2D eigenvalue weighted by molar-refractivity contribution is 0.198. The van der Waals surface area contributed by atoms with E-state index < -0.39 is 0 Å². The summed E-state index contributed by atoms with van der Waals surface area (Å²) in [5.74, 6) is 0.876. The summed E-state index contributed by atoms with van der Waals surface area (Å²) in [6.07, 6.45) is 7.92. The number of nitrogens with one attached hydrogen (secondary N) is 2. The summed E-state index contributed by atoms with van der Waals surface area (Å²) in [6, 6.07) is 19.9. The van der Waals surface area contributed by atoms with Gasteiger partial charge in [-0.3, -0.25) is 9.89 Å². The van der Waals surface area contributed by atoms with Gasteiger partial charge < -0.3 is 15.2 Å². The van der Waals surface area contributed by atoms with E-state index in [-0.39, 0.29) is 0 Å². The largest absolute Gasteiger partial charge is 0.354 e. The van der Waals surface area contributed by atoms with Crippen LogP contribution >= 0.6 is 0 Å². The first kappa shape index (κ1) is 21.1. The number of hydrogen-bond donors (Lipinski definition) is 2. The van der Waals surface area contributed by atoms with Gasteiger partial charge in [0.15, 0.2) is 5.96 Å². The zero-order valence-corrected chi connectivity index (χ0v) is 18.2. The van der Waals surface area contributed by atoms with E-state index >= 15 is 0 Å². The Labute approximate surface area is 185 Å². The Morgan fingerprint density at radius 2 is 1.77 bits per heavy atom. The van der Waals surface area contributed by atoms with Crippen LogP contribution < -0.4 is 10.6 Å². The number of rotatable bonds is 7. The van der Waals surface area contributed by atoms with E-state index in [1.807, 2.05) is 25.8 Å². The highest BCUT2D eigenvalue weighted by molar-refractivity contribution is 5.79. The summed E-state index contributed by atoms with van der Waals surface area (Å²) in [4.78, 5) is 11.1. The van der Waals surface area contributed by atoms with Gasteiger partial charge in [0.1, 0.15) is 0 Å². The smallest absolute Gasteiger partial charge is 0.191 e. The highest BCUT2D eigenvalue weighted by atomic mass is 15.2. The maximum Gasteiger partial charge on any atom is 0.191 e. The van der Waals surface area contributed by atoms with Crippen LogP contribution in [0.25, 0.3) is 0 Å². The molecule has 4 rings (SSSR count). The minimum atomic E-state index is 0.464. The maximum atomic E-state index is 4.44. The van der Waals surface area contributed by atoms with Crippen molar-refractivity contribution in [2.24, 2.45) is 4.99 Å². The SMILES string of the molecule is CN=C(NCc1cccc(Cn2ccnc2)c1)NC1CCN(Cc2ccccc2)CC1. The van der Waals surface area contributed by atoms with E-state index in [1.165, 1.54) is 16.7 Å². The van der Waals surface area contributed by atoms with Gasteiger partial charge in [0.25, 0.3) is 0 Å². The third kappa shape index (κ3) is 6.43. The molecule has 3 aromatic rings. The molecule has 2 N–H and O–H groups in total. The van der Waals surface area contributed by atoms with Gasteiger partial charge in [-0.2, -0.15) is 0 Å². The zero-order chi connectivity index (χ0) is 21.3. The standard InChI is InChI=1S/C25H32N6/c1-26-25(28-17-22-8-5-9-23(16-22)19-31-15-12-27-20-31)29-24-10-13-30(14-11-24)18-21-6-3-2-4-7-21/h2-9,12,15-16,20,24H,10-11,13-14,17-19H2,1H3,(H2,26,28,29). The Hall–Kier alpha value is -3.12. The molecular formula is C25H32N6. The van der Waals surface area contributed by atoms with Crippen LogP contribution in [0.5, 0.6) is 0 Å². The minimum Gasteiger partial charge on any atom is -0.354 e. The second-order valence-corrected chi connectivity index (χ2v) is 8.16. The van der Waals surface area contributed by atoms with Crippen molar-refractivity contribution in [3.63, 3.8) is 0 Å². The van der Waals surface area contributed by atoms with Gasteiger partial charge in [0.2, 0.25) is 0 Å². The van der Waals surface area contributed by atoms with Crippen LogP contribution in [-0.4, -0.2) is 46.6 Å². The lowest BCUT2D eigenvalue weighted by Gasteiger charge is -2.33. The molecule has 0 amide bonds. The second kappa shape index (κ2) is 10.8. The summed E-state index contributed by atoms with van der Waals surface area (Å²) in [5, 5.41) is 7.09. The predicted octanol–water partition coefficient (Wildman–Crippen LogP) is 3.26. The molecule has 31 heavy (non-hydrogen) atoms. The topological polar surface area (TPSA) is 57.5 Å². The molecule has 1 aliphatic rings. The molecule has 0 spiro atoms. The first-order chi connectivity index (χ1) is 15.3. The molecule has 1 aliphatic heterocycles. The second-order valence-electron chi connectivity index (χ2n) is 8.16. The number of aromatic nitrogens is 2. The van der Waals surface area contributed by atoms with E-state index in [0.29, 0.717) is 6.04 Å². The maximum absolute atomic E-state index is 4.44. The molecule has 0 radical (unpaired) electrons. The third-order valence-corrected chi connectivity index (χ3v) is 5.78. The van der Waals surface area contributed by atoms with Crippen molar-refractivity contribution in [2.75, 3.05) is 20.1 Å². The van der Waals surface area contributed by atoms with Crippen LogP contribution in [-0.2, 0) is 19.6 Å². The van der Waals surface area contributed by atoms with Crippen LogP contribution in [0.3, 0.4) is 0 Å². The number of piperidine rings is 1. The van der Waals surface area contributed by atoms with Crippen LogP contribution in [0, 0.1) is 0 Å². The van der Waals surface area contributed by atoms with E-state index in [9.17, 15) is 0 Å². The summed E-state index contributed by atoms with van der Waals surface area (Å²) in [6.45, 7) is 4.85. The molecule has 2 aromatic carbocycles. The summed E-state index contributed by atoms with van der Waals surface area (Å²) < 4.78 is 2.08. The normalized spacial score (nSPS) is 15.7. The number of hydrogen-bond acceptors (Lipinski definition) is 3. The van der Waals surface area contributed by atoms with Crippen molar-refractivity contribution in [2.45, 2.75) is 38.5 Å². The van der Waals surface area contributed by atoms with Gasteiger partial charge in [-0.1, -0.05) is 54.6 Å². The van der Waals surface area contributed by atoms with E-state index in [4.69, 9.17) is 0 Å². The summed E-state index contributed by atoms with van der Waals surface area (Å²) >= 11 is 0. The number of imidazole rings is 1. The van der Waals surface area contributed by atoms with Gasteiger partial charge in [-0.05, 0) is 29.5 Å². The van der Waals surface area contributed by atoms with Crippen molar-refractivity contribution < 1.29 is 0 Å². The molecule has 0 saturated carbocycles. The Morgan fingerprint density at radius 1 is 1.00 bits per heavy atom. The number of benzene rings is 2. The first-order valence-electron chi connectivity index (χ1n) is 11.1. The molecule has 6 heteroatoms. The molecule has 1 aromatic heterocycles. The monoisotopic (exact) mass is 416 g/mol. The molecule has 162 valence electrons. The molecule has 0 aliphatic carbocycles.